The zero-order chi connectivity index (χ0) is 16.4. The van der Waals surface area contributed by atoms with Gasteiger partial charge in [0, 0.05) is 15.8 Å². The molecule has 1 heterocycles. The molecular weight excluding hydrogens is 356 g/mol. The van der Waals surface area contributed by atoms with Crippen LogP contribution >= 0.6 is 15.9 Å². The summed E-state index contributed by atoms with van der Waals surface area (Å²) in [4.78, 5) is 12.6. The number of carbonyl (C=O) groups is 1. The second-order valence-electron chi connectivity index (χ2n) is 5.29. The van der Waals surface area contributed by atoms with Crippen LogP contribution in [0.3, 0.4) is 0 Å². The molecule has 2 aromatic carbocycles. The van der Waals surface area contributed by atoms with Crippen LogP contribution in [0.15, 0.2) is 53.5 Å². The highest BCUT2D eigenvalue weighted by atomic mass is 79.9. The van der Waals surface area contributed by atoms with Gasteiger partial charge in [-0.05, 0) is 71.2 Å². The number of nitrogens with one attached hydrogen (secondary N) is 1. The van der Waals surface area contributed by atoms with Gasteiger partial charge in [0.25, 0.3) is 5.91 Å². The van der Waals surface area contributed by atoms with E-state index in [1.54, 1.807) is 23.3 Å². The third kappa shape index (κ3) is 3.32. The van der Waals surface area contributed by atoms with Crippen molar-refractivity contribution in [1.29, 1.82) is 0 Å². The van der Waals surface area contributed by atoms with Crippen LogP contribution in [-0.4, -0.2) is 20.7 Å². The smallest absolute Gasteiger partial charge is 0.256 e. The first kappa shape index (κ1) is 15.4. The Bertz CT molecular complexity index is 859. The van der Waals surface area contributed by atoms with Crippen LogP contribution in [-0.2, 0) is 0 Å². The first-order chi connectivity index (χ1) is 11.0. The van der Waals surface area contributed by atoms with Crippen LogP contribution < -0.4 is 5.32 Å². The standard InChI is InChI=1S/C17H15BrN4O/c1-11-3-4-13(7-12(11)2)21-17(23)15-8-14(5-6-16(15)18)22-9-19-20-10-22/h3-10H,1-2H3,(H,21,23). The van der Waals surface area contributed by atoms with Crippen molar-refractivity contribution in [1.82, 2.24) is 14.8 Å². The lowest BCUT2D eigenvalue weighted by atomic mass is 10.1. The van der Waals surface area contributed by atoms with Crippen LogP contribution in [0, 0.1) is 13.8 Å². The Kier molecular flexibility index (Phi) is 4.25. The fourth-order valence-electron chi connectivity index (χ4n) is 2.20. The molecule has 0 unspecified atom stereocenters. The van der Waals surface area contributed by atoms with Gasteiger partial charge < -0.3 is 5.32 Å². The molecular formula is C17H15BrN4O. The number of hydrogen-bond acceptors (Lipinski definition) is 3. The first-order valence-corrected chi connectivity index (χ1v) is 7.87. The molecule has 0 aliphatic rings. The minimum Gasteiger partial charge on any atom is -0.322 e. The maximum Gasteiger partial charge on any atom is 0.256 e. The molecule has 116 valence electrons. The van der Waals surface area contributed by atoms with Gasteiger partial charge in [-0.25, -0.2) is 0 Å². The molecule has 1 amide bonds. The predicted octanol–water partition coefficient (Wildman–Crippen LogP) is 3.90. The molecule has 3 aromatic rings. The van der Waals surface area contributed by atoms with Gasteiger partial charge in [-0.3, -0.25) is 9.36 Å². The maximum absolute atomic E-state index is 12.6. The van der Waals surface area contributed by atoms with E-state index in [4.69, 9.17) is 0 Å². The second-order valence-corrected chi connectivity index (χ2v) is 6.14. The lowest BCUT2D eigenvalue weighted by Gasteiger charge is -2.10. The highest BCUT2D eigenvalue weighted by molar-refractivity contribution is 9.10. The van der Waals surface area contributed by atoms with Gasteiger partial charge in [-0.2, -0.15) is 0 Å². The van der Waals surface area contributed by atoms with Gasteiger partial charge in [0.1, 0.15) is 12.7 Å². The third-order valence-electron chi connectivity index (χ3n) is 3.68. The van der Waals surface area contributed by atoms with Crippen LogP contribution in [0.2, 0.25) is 0 Å². The number of hydrogen-bond donors (Lipinski definition) is 1. The molecule has 0 aliphatic heterocycles. The van der Waals surface area contributed by atoms with Crippen LogP contribution in [0.25, 0.3) is 5.69 Å². The largest absolute Gasteiger partial charge is 0.322 e. The molecule has 0 saturated heterocycles. The summed E-state index contributed by atoms with van der Waals surface area (Å²) < 4.78 is 2.48. The summed E-state index contributed by atoms with van der Waals surface area (Å²) in [6.45, 7) is 4.06. The molecule has 0 aliphatic carbocycles. The van der Waals surface area contributed by atoms with Crippen molar-refractivity contribution in [3.63, 3.8) is 0 Å². The number of nitrogens with zero attached hydrogens (tertiary/aromatic N) is 3. The number of halogens is 1. The van der Waals surface area contributed by atoms with E-state index in [0.29, 0.717) is 5.56 Å². The summed E-state index contributed by atoms with van der Waals surface area (Å²) in [7, 11) is 0. The minimum absolute atomic E-state index is 0.171. The minimum atomic E-state index is -0.171. The number of anilines is 1. The molecule has 1 aromatic heterocycles. The van der Waals surface area contributed by atoms with Crippen molar-refractivity contribution in [3.8, 4) is 5.69 Å². The normalized spacial score (nSPS) is 10.6. The summed E-state index contributed by atoms with van der Waals surface area (Å²) in [6, 6.07) is 11.4. The van der Waals surface area contributed by atoms with Crippen molar-refractivity contribution in [3.05, 3.63) is 70.2 Å². The number of rotatable bonds is 3. The summed E-state index contributed by atoms with van der Waals surface area (Å²) in [5, 5.41) is 10.5. The highest BCUT2D eigenvalue weighted by Gasteiger charge is 2.12. The Balaban J connectivity index is 1.89. The van der Waals surface area contributed by atoms with Crippen molar-refractivity contribution in [2.24, 2.45) is 0 Å². The first-order valence-electron chi connectivity index (χ1n) is 7.08. The van der Waals surface area contributed by atoms with E-state index < -0.39 is 0 Å². The van der Waals surface area contributed by atoms with Gasteiger partial charge in [0.05, 0.1) is 5.56 Å². The topological polar surface area (TPSA) is 59.8 Å². The molecule has 0 saturated carbocycles. The number of amides is 1. The van der Waals surface area contributed by atoms with Gasteiger partial charge in [0.15, 0.2) is 0 Å². The summed E-state index contributed by atoms with van der Waals surface area (Å²) >= 11 is 3.43. The molecule has 0 radical (unpaired) electrons. The lowest BCUT2D eigenvalue weighted by molar-refractivity contribution is 0.102. The molecule has 0 atom stereocenters. The Morgan fingerprint density at radius 2 is 1.78 bits per heavy atom. The molecule has 0 fully saturated rings. The van der Waals surface area contributed by atoms with E-state index in [1.165, 1.54) is 5.56 Å². The molecule has 1 N–H and O–H groups in total. The number of aryl methyl sites for hydroxylation is 2. The van der Waals surface area contributed by atoms with E-state index in [1.807, 2.05) is 44.2 Å². The van der Waals surface area contributed by atoms with Crippen LogP contribution in [0.4, 0.5) is 5.69 Å². The van der Waals surface area contributed by atoms with E-state index in [-0.39, 0.29) is 5.91 Å². The SMILES string of the molecule is Cc1ccc(NC(=O)c2cc(-n3cnnc3)ccc2Br)cc1C. The number of aromatic nitrogens is 3. The fraction of sp³-hybridized carbons (Fsp3) is 0.118. The van der Waals surface area contributed by atoms with E-state index in [9.17, 15) is 4.79 Å². The van der Waals surface area contributed by atoms with Crippen LogP contribution in [0.5, 0.6) is 0 Å². The third-order valence-corrected chi connectivity index (χ3v) is 4.37. The molecule has 5 nitrogen and oxygen atoms in total. The van der Waals surface area contributed by atoms with E-state index in [0.717, 1.165) is 21.4 Å². The molecule has 23 heavy (non-hydrogen) atoms. The Morgan fingerprint density at radius 1 is 1.04 bits per heavy atom. The monoisotopic (exact) mass is 370 g/mol. The molecule has 0 bridgehead atoms. The van der Waals surface area contributed by atoms with Crippen molar-refractivity contribution in [2.45, 2.75) is 13.8 Å². The van der Waals surface area contributed by atoms with Crippen LogP contribution in [0.1, 0.15) is 21.5 Å². The Labute approximate surface area is 142 Å². The highest BCUT2D eigenvalue weighted by Crippen LogP contribution is 2.22. The second kappa shape index (κ2) is 6.34. The average Bonchev–Trinajstić information content (AvgIpc) is 3.06. The van der Waals surface area contributed by atoms with Crippen molar-refractivity contribution in [2.75, 3.05) is 5.32 Å². The lowest BCUT2D eigenvalue weighted by Crippen LogP contribution is -2.13. The maximum atomic E-state index is 12.6. The van der Waals surface area contributed by atoms with Crippen molar-refractivity contribution < 1.29 is 4.79 Å². The van der Waals surface area contributed by atoms with E-state index in [2.05, 4.69) is 31.4 Å². The van der Waals surface area contributed by atoms with Gasteiger partial charge >= 0.3 is 0 Å². The predicted molar refractivity (Wildman–Crippen MR) is 92.9 cm³/mol. The summed E-state index contributed by atoms with van der Waals surface area (Å²) in [5.41, 5.74) is 4.48. The fourth-order valence-corrected chi connectivity index (χ4v) is 2.63. The van der Waals surface area contributed by atoms with Gasteiger partial charge in [-0.1, -0.05) is 6.07 Å². The Hall–Kier alpha value is -2.47. The molecule has 0 spiro atoms. The van der Waals surface area contributed by atoms with Gasteiger partial charge in [-0.15, -0.1) is 10.2 Å². The zero-order valence-electron chi connectivity index (χ0n) is 12.7. The van der Waals surface area contributed by atoms with Crippen molar-refractivity contribution >= 4 is 27.5 Å². The summed E-state index contributed by atoms with van der Waals surface area (Å²) in [6.07, 6.45) is 3.18. The van der Waals surface area contributed by atoms with Gasteiger partial charge in [0.2, 0.25) is 0 Å². The molecule has 6 heteroatoms. The van der Waals surface area contributed by atoms with E-state index >= 15 is 0 Å². The quantitative estimate of drug-likeness (QED) is 0.760. The Morgan fingerprint density at radius 3 is 2.48 bits per heavy atom. The average molecular weight is 371 g/mol. The molecule has 3 rings (SSSR count). The summed E-state index contributed by atoms with van der Waals surface area (Å²) in [5.74, 6) is -0.171. The number of benzene rings is 2. The number of carbonyl (C=O) groups excluding carboxylic acids is 1. The zero-order valence-corrected chi connectivity index (χ0v) is 14.3.